The number of sulfonamides is 1. The first kappa shape index (κ1) is 23.5. The van der Waals surface area contributed by atoms with E-state index in [1.54, 1.807) is 30.3 Å². The Labute approximate surface area is 191 Å². The quantitative estimate of drug-likeness (QED) is 0.521. The van der Waals surface area contributed by atoms with Crippen LogP contribution in [-0.4, -0.2) is 20.9 Å². The van der Waals surface area contributed by atoms with Crippen LogP contribution in [0.25, 0.3) is 0 Å². The third-order valence-corrected chi connectivity index (χ3v) is 7.24. The highest BCUT2D eigenvalue weighted by Gasteiger charge is 2.29. The fourth-order valence-electron chi connectivity index (χ4n) is 3.70. The van der Waals surface area contributed by atoms with Gasteiger partial charge in [-0.15, -0.1) is 0 Å². The van der Waals surface area contributed by atoms with E-state index in [-0.39, 0.29) is 23.4 Å². The van der Waals surface area contributed by atoms with Crippen molar-refractivity contribution in [2.75, 3.05) is 10.8 Å². The number of hydrogen-bond acceptors (Lipinski definition) is 3. The Balaban J connectivity index is 1.95. The molecule has 168 valence electrons. The molecule has 0 radical (unpaired) electrons. The highest BCUT2D eigenvalue weighted by Crippen LogP contribution is 2.28. The van der Waals surface area contributed by atoms with Gasteiger partial charge >= 0.3 is 0 Å². The molecule has 0 bridgehead atoms. The van der Waals surface area contributed by atoms with Gasteiger partial charge in [-0.05, 0) is 56.5 Å². The van der Waals surface area contributed by atoms with Crippen molar-refractivity contribution in [3.63, 3.8) is 0 Å². The summed E-state index contributed by atoms with van der Waals surface area (Å²) in [5.74, 6) is -0.351. The van der Waals surface area contributed by atoms with Crippen molar-refractivity contribution in [3.05, 3.63) is 95.1 Å². The summed E-state index contributed by atoms with van der Waals surface area (Å²) in [6.07, 6.45) is 0.698. The van der Waals surface area contributed by atoms with Crippen LogP contribution >= 0.6 is 0 Å². The number of amides is 1. The third-order valence-electron chi connectivity index (χ3n) is 5.46. The minimum absolute atomic E-state index is 0.158. The topological polar surface area (TPSA) is 66.5 Å². The van der Waals surface area contributed by atoms with Crippen LogP contribution < -0.4 is 9.62 Å². The van der Waals surface area contributed by atoms with E-state index in [1.807, 2.05) is 70.2 Å². The van der Waals surface area contributed by atoms with Crippen LogP contribution in [0.15, 0.2) is 77.7 Å². The van der Waals surface area contributed by atoms with E-state index in [4.69, 9.17) is 0 Å². The van der Waals surface area contributed by atoms with Crippen molar-refractivity contribution in [2.45, 2.75) is 45.1 Å². The number of nitrogens with zero attached hydrogens (tertiary/aromatic N) is 1. The summed E-state index contributed by atoms with van der Waals surface area (Å²) in [6, 6.07) is 21.7. The first-order valence-corrected chi connectivity index (χ1v) is 12.2. The summed E-state index contributed by atoms with van der Waals surface area (Å²) in [6.45, 7) is 7.40. The highest BCUT2D eigenvalue weighted by atomic mass is 32.2. The van der Waals surface area contributed by atoms with Gasteiger partial charge in [0.1, 0.15) is 6.54 Å². The van der Waals surface area contributed by atoms with Gasteiger partial charge in [0.2, 0.25) is 5.91 Å². The molecule has 0 saturated carbocycles. The second-order valence-electron chi connectivity index (χ2n) is 8.05. The average Bonchev–Trinajstić information content (AvgIpc) is 2.77. The Bertz CT molecular complexity index is 1170. The molecular formula is C26H30N2O3S. The number of carbonyl (C=O) groups excluding carboxylic acids is 1. The zero-order valence-corrected chi connectivity index (χ0v) is 19.8. The predicted molar refractivity (Wildman–Crippen MR) is 129 cm³/mol. The van der Waals surface area contributed by atoms with Crippen LogP contribution in [0.1, 0.15) is 41.6 Å². The lowest BCUT2D eigenvalue weighted by Crippen LogP contribution is -2.42. The van der Waals surface area contributed by atoms with Gasteiger partial charge in [0.05, 0.1) is 16.6 Å². The molecule has 3 rings (SSSR count). The number of aryl methyl sites for hydroxylation is 3. The van der Waals surface area contributed by atoms with Crippen LogP contribution in [0.5, 0.6) is 0 Å². The first-order valence-electron chi connectivity index (χ1n) is 10.7. The van der Waals surface area contributed by atoms with E-state index in [2.05, 4.69) is 5.32 Å². The van der Waals surface area contributed by atoms with Gasteiger partial charge in [0.15, 0.2) is 0 Å². The normalized spacial score (nSPS) is 12.2. The lowest BCUT2D eigenvalue weighted by molar-refractivity contribution is -0.120. The highest BCUT2D eigenvalue weighted by molar-refractivity contribution is 7.92. The van der Waals surface area contributed by atoms with Crippen LogP contribution in [0, 0.1) is 20.8 Å². The minimum atomic E-state index is -3.94. The molecule has 0 unspecified atom stereocenters. The third kappa shape index (κ3) is 5.37. The number of carbonyl (C=O) groups is 1. The standard InChI is InChI=1S/C26H30N2O3S/c1-5-24(22-9-7-6-8-10-22)27-26(29)18-28(25-16-13-20(3)17-21(25)4)32(30,31)23-14-11-19(2)12-15-23/h6-17,24H,5,18H2,1-4H3,(H,27,29)/t24-/m1/s1. The largest absolute Gasteiger partial charge is 0.348 e. The zero-order chi connectivity index (χ0) is 23.3. The fraction of sp³-hybridized carbons (Fsp3) is 0.269. The maximum Gasteiger partial charge on any atom is 0.264 e. The van der Waals surface area contributed by atoms with E-state index < -0.39 is 10.0 Å². The molecule has 0 aliphatic rings. The van der Waals surface area contributed by atoms with Gasteiger partial charge in [-0.1, -0.05) is 72.6 Å². The van der Waals surface area contributed by atoms with Crippen molar-refractivity contribution in [2.24, 2.45) is 0 Å². The van der Waals surface area contributed by atoms with Gasteiger partial charge in [-0.3, -0.25) is 9.10 Å². The number of nitrogens with one attached hydrogen (secondary N) is 1. The van der Waals surface area contributed by atoms with Gasteiger partial charge in [-0.25, -0.2) is 8.42 Å². The Kier molecular flexibility index (Phi) is 7.36. The number of hydrogen-bond donors (Lipinski definition) is 1. The van der Waals surface area contributed by atoms with Crippen molar-refractivity contribution in [1.82, 2.24) is 5.32 Å². The molecule has 0 saturated heterocycles. The first-order chi connectivity index (χ1) is 15.2. The van der Waals surface area contributed by atoms with E-state index in [0.717, 1.165) is 22.3 Å². The molecule has 32 heavy (non-hydrogen) atoms. The molecule has 1 amide bonds. The molecule has 0 heterocycles. The van der Waals surface area contributed by atoms with E-state index >= 15 is 0 Å². The molecule has 6 heteroatoms. The van der Waals surface area contributed by atoms with Crippen LogP contribution in [-0.2, 0) is 14.8 Å². The van der Waals surface area contributed by atoms with Crippen molar-refractivity contribution in [3.8, 4) is 0 Å². The molecule has 3 aromatic rings. The summed E-state index contributed by atoms with van der Waals surface area (Å²) in [4.78, 5) is 13.2. The number of anilines is 1. The zero-order valence-electron chi connectivity index (χ0n) is 19.0. The molecule has 0 fully saturated rings. The van der Waals surface area contributed by atoms with Crippen molar-refractivity contribution in [1.29, 1.82) is 0 Å². The van der Waals surface area contributed by atoms with Crippen molar-refractivity contribution < 1.29 is 13.2 Å². The fourth-order valence-corrected chi connectivity index (χ4v) is 5.18. The Morgan fingerprint density at radius 3 is 2.12 bits per heavy atom. The van der Waals surface area contributed by atoms with Gasteiger partial charge in [-0.2, -0.15) is 0 Å². The molecule has 5 nitrogen and oxygen atoms in total. The summed E-state index contributed by atoms with van der Waals surface area (Å²) >= 11 is 0. The summed E-state index contributed by atoms with van der Waals surface area (Å²) in [7, 11) is -3.94. The monoisotopic (exact) mass is 450 g/mol. The number of benzene rings is 3. The van der Waals surface area contributed by atoms with Gasteiger partial charge < -0.3 is 5.32 Å². The van der Waals surface area contributed by atoms with E-state index in [9.17, 15) is 13.2 Å². The summed E-state index contributed by atoms with van der Waals surface area (Å²) in [5.41, 5.74) is 4.28. The molecule has 0 aliphatic heterocycles. The van der Waals surface area contributed by atoms with E-state index in [0.29, 0.717) is 12.1 Å². The van der Waals surface area contributed by atoms with Crippen LogP contribution in [0.4, 0.5) is 5.69 Å². The molecular weight excluding hydrogens is 420 g/mol. The molecule has 0 spiro atoms. The Hall–Kier alpha value is -3.12. The van der Waals surface area contributed by atoms with Gasteiger partial charge in [0, 0.05) is 0 Å². The maximum absolute atomic E-state index is 13.6. The SMILES string of the molecule is CC[C@@H](NC(=O)CN(c1ccc(C)cc1C)S(=O)(=O)c1ccc(C)cc1)c1ccccc1. The van der Waals surface area contributed by atoms with Crippen LogP contribution in [0.2, 0.25) is 0 Å². The molecule has 1 N–H and O–H groups in total. The Morgan fingerprint density at radius 2 is 1.53 bits per heavy atom. The van der Waals surface area contributed by atoms with E-state index in [1.165, 1.54) is 4.31 Å². The maximum atomic E-state index is 13.6. The molecule has 0 aliphatic carbocycles. The van der Waals surface area contributed by atoms with Gasteiger partial charge in [0.25, 0.3) is 10.0 Å². The smallest absolute Gasteiger partial charge is 0.264 e. The summed E-state index contributed by atoms with van der Waals surface area (Å²) in [5, 5.41) is 3.00. The lowest BCUT2D eigenvalue weighted by Gasteiger charge is -2.27. The molecule has 1 atom stereocenters. The average molecular weight is 451 g/mol. The van der Waals surface area contributed by atoms with Crippen LogP contribution in [0.3, 0.4) is 0 Å². The lowest BCUT2D eigenvalue weighted by atomic mass is 10.0. The van der Waals surface area contributed by atoms with Crippen molar-refractivity contribution >= 4 is 21.6 Å². The Morgan fingerprint density at radius 1 is 0.906 bits per heavy atom. The number of rotatable bonds is 8. The predicted octanol–water partition coefficient (Wildman–Crippen LogP) is 5.07. The summed E-state index contributed by atoms with van der Waals surface area (Å²) < 4.78 is 28.4. The second-order valence-corrected chi connectivity index (χ2v) is 9.92. The molecule has 3 aromatic carbocycles. The molecule has 0 aromatic heterocycles. The minimum Gasteiger partial charge on any atom is -0.348 e. The second kappa shape index (κ2) is 10.0.